The predicted octanol–water partition coefficient (Wildman–Crippen LogP) is 2.79. The molecule has 126 valence electrons. The molecule has 3 N–H and O–H groups in total. The third-order valence-electron chi connectivity index (χ3n) is 4.91. The van der Waals surface area contributed by atoms with Gasteiger partial charge in [-0.15, -0.1) is 0 Å². The molecule has 2 aromatic carbocycles. The summed E-state index contributed by atoms with van der Waals surface area (Å²) in [5.74, 6) is 0.152. The summed E-state index contributed by atoms with van der Waals surface area (Å²) in [6.45, 7) is 2.00. The van der Waals surface area contributed by atoms with Crippen LogP contribution in [0.3, 0.4) is 0 Å². The van der Waals surface area contributed by atoms with E-state index in [4.69, 9.17) is 0 Å². The zero-order valence-electron chi connectivity index (χ0n) is 14.3. The van der Waals surface area contributed by atoms with Crippen molar-refractivity contribution in [2.45, 2.75) is 50.7 Å². The molecule has 0 bridgehead atoms. The molecule has 0 saturated heterocycles. The van der Waals surface area contributed by atoms with Gasteiger partial charge >= 0.3 is 0 Å². The van der Waals surface area contributed by atoms with E-state index in [0.29, 0.717) is 6.04 Å². The number of carbonyl (C=O) groups is 1. The van der Waals surface area contributed by atoms with Gasteiger partial charge in [0.25, 0.3) is 5.91 Å². The molecule has 1 atom stereocenters. The molecular weight excluding hydrogens is 296 g/mol. The highest BCUT2D eigenvalue weighted by atomic mass is 16.2. The fourth-order valence-electron chi connectivity index (χ4n) is 3.51. The molecule has 3 nitrogen and oxygen atoms in total. The second-order valence-corrected chi connectivity index (χ2v) is 6.77. The van der Waals surface area contributed by atoms with Crippen molar-refractivity contribution in [3.8, 4) is 0 Å². The predicted molar refractivity (Wildman–Crippen MR) is 96.5 cm³/mol. The Hall–Kier alpha value is -2.13. The lowest BCUT2D eigenvalue weighted by atomic mass is 9.98. The van der Waals surface area contributed by atoms with Gasteiger partial charge in [-0.2, -0.15) is 0 Å². The molecule has 1 fully saturated rings. The van der Waals surface area contributed by atoms with Crippen molar-refractivity contribution in [1.29, 1.82) is 0 Å². The van der Waals surface area contributed by atoms with E-state index in [1.54, 1.807) is 0 Å². The molecule has 0 spiro atoms. The average Bonchev–Trinajstić information content (AvgIpc) is 3.14. The lowest BCUT2D eigenvalue weighted by molar-refractivity contribution is -0.704. The minimum absolute atomic E-state index is 0.115. The number of carbonyl (C=O) groups excluding carboxylic acids is 1. The summed E-state index contributed by atoms with van der Waals surface area (Å²) < 4.78 is 0. The molecule has 1 aliphatic carbocycles. The lowest BCUT2D eigenvalue weighted by Gasteiger charge is -2.22. The molecule has 24 heavy (non-hydrogen) atoms. The average molecular weight is 323 g/mol. The molecule has 2 aromatic rings. The van der Waals surface area contributed by atoms with E-state index in [0.717, 1.165) is 12.8 Å². The molecule has 0 aliphatic heterocycles. The van der Waals surface area contributed by atoms with Gasteiger partial charge in [0.15, 0.2) is 6.04 Å². The topological polar surface area (TPSA) is 45.7 Å². The van der Waals surface area contributed by atoms with Crippen LogP contribution in [-0.4, -0.2) is 18.0 Å². The van der Waals surface area contributed by atoms with Crippen LogP contribution in [0.15, 0.2) is 60.7 Å². The number of benzene rings is 2. The van der Waals surface area contributed by atoms with E-state index >= 15 is 0 Å². The summed E-state index contributed by atoms with van der Waals surface area (Å²) in [7, 11) is 0. The van der Waals surface area contributed by atoms with Crippen molar-refractivity contribution in [2.75, 3.05) is 0 Å². The van der Waals surface area contributed by atoms with Crippen molar-refractivity contribution in [3.05, 3.63) is 71.8 Å². The van der Waals surface area contributed by atoms with Crippen molar-refractivity contribution < 1.29 is 10.1 Å². The summed E-state index contributed by atoms with van der Waals surface area (Å²) in [6, 6.07) is 21.2. The highest BCUT2D eigenvalue weighted by Gasteiger charge is 2.26. The number of nitrogens with one attached hydrogen (secondary N) is 1. The second kappa shape index (κ2) is 8.11. The zero-order chi connectivity index (χ0) is 16.8. The van der Waals surface area contributed by atoms with E-state index in [2.05, 4.69) is 59.2 Å². The Morgan fingerprint density at radius 3 is 1.96 bits per heavy atom. The Kier molecular flexibility index (Phi) is 5.65. The molecule has 0 unspecified atom stereocenters. The van der Waals surface area contributed by atoms with Crippen LogP contribution in [0.25, 0.3) is 0 Å². The summed E-state index contributed by atoms with van der Waals surface area (Å²) in [5.41, 5.74) is 2.45. The monoisotopic (exact) mass is 323 g/mol. The lowest BCUT2D eigenvalue weighted by Crippen LogP contribution is -2.93. The van der Waals surface area contributed by atoms with Gasteiger partial charge in [-0.1, -0.05) is 73.5 Å². The highest BCUT2D eigenvalue weighted by molar-refractivity contribution is 5.80. The van der Waals surface area contributed by atoms with Gasteiger partial charge in [0.1, 0.15) is 6.04 Å². The van der Waals surface area contributed by atoms with Crippen molar-refractivity contribution in [1.82, 2.24) is 5.32 Å². The van der Waals surface area contributed by atoms with Gasteiger partial charge < -0.3 is 10.6 Å². The fraction of sp³-hybridized carbons (Fsp3) is 0.381. The number of quaternary nitrogens is 1. The number of amides is 1. The first-order valence-electron chi connectivity index (χ1n) is 8.99. The van der Waals surface area contributed by atoms with Crippen LogP contribution in [-0.2, 0) is 4.79 Å². The van der Waals surface area contributed by atoms with E-state index in [9.17, 15) is 4.79 Å². The maximum Gasteiger partial charge on any atom is 0.278 e. The summed E-state index contributed by atoms with van der Waals surface area (Å²) in [4.78, 5) is 12.6. The van der Waals surface area contributed by atoms with Crippen LogP contribution < -0.4 is 10.6 Å². The van der Waals surface area contributed by atoms with Gasteiger partial charge in [-0.25, -0.2) is 0 Å². The third-order valence-corrected chi connectivity index (χ3v) is 4.91. The van der Waals surface area contributed by atoms with Gasteiger partial charge in [0, 0.05) is 17.2 Å². The molecule has 1 aliphatic rings. The first kappa shape index (κ1) is 16.7. The van der Waals surface area contributed by atoms with Crippen molar-refractivity contribution in [3.63, 3.8) is 0 Å². The van der Waals surface area contributed by atoms with Crippen LogP contribution >= 0.6 is 0 Å². The Morgan fingerprint density at radius 2 is 1.46 bits per heavy atom. The van der Waals surface area contributed by atoms with Gasteiger partial charge in [-0.05, 0) is 19.8 Å². The normalized spacial score (nSPS) is 16.2. The minimum Gasteiger partial charge on any atom is -0.348 e. The van der Waals surface area contributed by atoms with Crippen LogP contribution in [0.5, 0.6) is 0 Å². The van der Waals surface area contributed by atoms with Crippen molar-refractivity contribution >= 4 is 5.91 Å². The maximum absolute atomic E-state index is 12.6. The molecule has 1 saturated carbocycles. The van der Waals surface area contributed by atoms with Crippen LogP contribution in [0.1, 0.15) is 49.8 Å². The molecule has 0 heterocycles. The largest absolute Gasteiger partial charge is 0.348 e. The zero-order valence-corrected chi connectivity index (χ0v) is 14.3. The standard InChI is InChI=1S/C21H26N2O/c1-16(21(24)23-19-14-8-9-15-19)22-20(17-10-4-2-5-11-17)18-12-6-3-7-13-18/h2-7,10-13,16,19-20,22H,8-9,14-15H2,1H3,(H,23,24)/p+1/t16-/m0/s1. The Labute approximate surface area is 144 Å². The Bertz CT molecular complexity index is 596. The van der Waals surface area contributed by atoms with Crippen molar-refractivity contribution in [2.24, 2.45) is 0 Å². The quantitative estimate of drug-likeness (QED) is 0.843. The molecule has 3 heteroatoms. The first-order chi connectivity index (χ1) is 11.7. The minimum atomic E-state index is -0.115. The van der Waals surface area contributed by atoms with E-state index < -0.39 is 0 Å². The van der Waals surface area contributed by atoms with Gasteiger partial charge in [0.2, 0.25) is 0 Å². The third kappa shape index (κ3) is 4.24. The number of nitrogens with two attached hydrogens (primary N) is 1. The molecule has 1 amide bonds. The second-order valence-electron chi connectivity index (χ2n) is 6.77. The summed E-state index contributed by atoms with van der Waals surface area (Å²) in [6.07, 6.45) is 4.72. The highest BCUT2D eigenvalue weighted by Crippen LogP contribution is 2.19. The van der Waals surface area contributed by atoms with Gasteiger partial charge in [0.05, 0.1) is 0 Å². The van der Waals surface area contributed by atoms with E-state index in [-0.39, 0.29) is 18.0 Å². The summed E-state index contributed by atoms with van der Waals surface area (Å²) in [5, 5.41) is 5.39. The number of hydrogen-bond donors (Lipinski definition) is 2. The van der Waals surface area contributed by atoms with Crippen LogP contribution in [0.4, 0.5) is 0 Å². The number of rotatable bonds is 6. The molecule has 0 radical (unpaired) electrons. The van der Waals surface area contributed by atoms with E-state index in [1.807, 2.05) is 19.1 Å². The van der Waals surface area contributed by atoms with Crippen LogP contribution in [0.2, 0.25) is 0 Å². The number of hydrogen-bond acceptors (Lipinski definition) is 1. The Balaban J connectivity index is 1.72. The Morgan fingerprint density at radius 1 is 0.958 bits per heavy atom. The fourth-order valence-corrected chi connectivity index (χ4v) is 3.51. The smallest absolute Gasteiger partial charge is 0.278 e. The molecular formula is C21H27N2O+. The maximum atomic E-state index is 12.6. The molecule has 0 aromatic heterocycles. The SMILES string of the molecule is C[C@H]([NH2+]C(c1ccccc1)c1ccccc1)C(=O)NC1CCCC1. The van der Waals surface area contributed by atoms with Crippen LogP contribution in [0, 0.1) is 0 Å². The summed E-state index contributed by atoms with van der Waals surface area (Å²) >= 11 is 0. The van der Waals surface area contributed by atoms with Gasteiger partial charge in [-0.3, -0.25) is 4.79 Å². The van der Waals surface area contributed by atoms with E-state index in [1.165, 1.54) is 24.0 Å². The molecule has 3 rings (SSSR count). The first-order valence-corrected chi connectivity index (χ1v) is 8.99.